The minimum Gasteiger partial charge on any atom is -0.390 e. The summed E-state index contributed by atoms with van der Waals surface area (Å²) in [7, 11) is 0. The molecule has 0 fully saturated rings. The van der Waals surface area contributed by atoms with Crippen LogP contribution in [-0.2, 0) is 6.61 Å². The number of aliphatic hydroxyl groups is 1. The van der Waals surface area contributed by atoms with Crippen molar-refractivity contribution in [2.24, 2.45) is 0 Å². The lowest BCUT2D eigenvalue weighted by atomic mass is 10.0. The molecule has 0 radical (unpaired) electrons. The third kappa shape index (κ3) is 2.76. The van der Waals surface area contributed by atoms with Gasteiger partial charge >= 0.3 is 0 Å². The van der Waals surface area contributed by atoms with Gasteiger partial charge in [0.1, 0.15) is 5.01 Å². The maximum absolute atomic E-state index is 9.11. The molecule has 90 valence electrons. The second kappa shape index (κ2) is 5.29. The molecule has 0 aliphatic heterocycles. The summed E-state index contributed by atoms with van der Waals surface area (Å²) >= 11 is 4.96. The molecule has 2 nitrogen and oxygen atoms in total. The van der Waals surface area contributed by atoms with E-state index in [9.17, 15) is 0 Å². The van der Waals surface area contributed by atoms with Gasteiger partial charge in [-0.2, -0.15) is 0 Å². The molecule has 0 spiro atoms. The van der Waals surface area contributed by atoms with Gasteiger partial charge in [-0.3, -0.25) is 0 Å². The molecule has 0 bridgehead atoms. The van der Waals surface area contributed by atoms with Gasteiger partial charge in [-0.05, 0) is 27.4 Å². The van der Waals surface area contributed by atoms with Crippen molar-refractivity contribution >= 4 is 27.3 Å². The molecule has 1 N–H and O–H groups in total. The number of aromatic nitrogens is 1. The van der Waals surface area contributed by atoms with Crippen LogP contribution in [0.5, 0.6) is 0 Å². The fraction of sp³-hybridized carbons (Fsp3) is 0.308. The number of rotatable bonds is 3. The van der Waals surface area contributed by atoms with Crippen LogP contribution in [-0.4, -0.2) is 10.1 Å². The molecule has 1 heterocycles. The Hall–Kier alpha value is -0.710. The molecular weight excluding hydrogens is 298 g/mol. The maximum Gasteiger partial charge on any atom is 0.124 e. The monoisotopic (exact) mass is 311 g/mol. The first kappa shape index (κ1) is 12.7. The van der Waals surface area contributed by atoms with Crippen LogP contribution in [0.4, 0.5) is 0 Å². The molecule has 1 aromatic heterocycles. The van der Waals surface area contributed by atoms with E-state index in [1.807, 2.05) is 0 Å². The summed E-state index contributed by atoms with van der Waals surface area (Å²) in [5, 5.41) is 10.1. The number of hydrogen-bond donors (Lipinski definition) is 1. The van der Waals surface area contributed by atoms with Gasteiger partial charge in [0.05, 0.1) is 16.1 Å². The van der Waals surface area contributed by atoms with Gasteiger partial charge in [0.25, 0.3) is 0 Å². The Bertz CT molecular complexity index is 505. The van der Waals surface area contributed by atoms with E-state index in [0.29, 0.717) is 11.6 Å². The van der Waals surface area contributed by atoms with E-state index in [4.69, 9.17) is 5.11 Å². The van der Waals surface area contributed by atoms with Gasteiger partial charge in [0.2, 0.25) is 0 Å². The van der Waals surface area contributed by atoms with Crippen molar-refractivity contribution < 1.29 is 5.11 Å². The van der Waals surface area contributed by atoms with Crippen LogP contribution in [0, 0.1) is 0 Å². The largest absolute Gasteiger partial charge is 0.390 e. The van der Waals surface area contributed by atoms with Crippen molar-refractivity contribution in [2.45, 2.75) is 26.4 Å². The summed E-state index contributed by atoms with van der Waals surface area (Å²) in [4.78, 5) is 4.39. The van der Waals surface area contributed by atoms with E-state index in [1.165, 1.54) is 5.56 Å². The number of aliphatic hydroxyl groups excluding tert-OH is 1. The molecule has 0 unspecified atom stereocenters. The average Bonchev–Trinajstić information content (AvgIpc) is 2.70. The SMILES string of the molecule is CC(C)c1ccc(-c2nc(CO)c(Br)s2)cc1. The lowest BCUT2D eigenvalue weighted by Crippen LogP contribution is -1.87. The topological polar surface area (TPSA) is 33.1 Å². The summed E-state index contributed by atoms with van der Waals surface area (Å²) in [6.07, 6.45) is 0. The number of benzene rings is 1. The molecule has 0 saturated heterocycles. The van der Waals surface area contributed by atoms with Crippen LogP contribution in [0.3, 0.4) is 0 Å². The summed E-state index contributed by atoms with van der Waals surface area (Å²) in [5.74, 6) is 0.542. The van der Waals surface area contributed by atoms with Crippen LogP contribution in [0.25, 0.3) is 10.6 Å². The third-order valence-corrected chi connectivity index (χ3v) is 4.50. The highest BCUT2D eigenvalue weighted by molar-refractivity contribution is 9.11. The van der Waals surface area contributed by atoms with Gasteiger partial charge in [0, 0.05) is 5.56 Å². The van der Waals surface area contributed by atoms with E-state index in [0.717, 1.165) is 14.4 Å². The Morgan fingerprint density at radius 2 is 1.94 bits per heavy atom. The van der Waals surface area contributed by atoms with Crippen molar-refractivity contribution in [3.05, 3.63) is 39.3 Å². The van der Waals surface area contributed by atoms with Crippen molar-refractivity contribution in [1.82, 2.24) is 4.98 Å². The van der Waals surface area contributed by atoms with Crippen LogP contribution in [0.1, 0.15) is 31.0 Å². The highest BCUT2D eigenvalue weighted by atomic mass is 79.9. The predicted octanol–water partition coefficient (Wildman–Crippen LogP) is 4.19. The Morgan fingerprint density at radius 3 is 2.41 bits per heavy atom. The van der Waals surface area contributed by atoms with Crippen LogP contribution in [0.15, 0.2) is 28.1 Å². The first-order valence-electron chi connectivity index (χ1n) is 5.48. The summed E-state index contributed by atoms with van der Waals surface area (Å²) < 4.78 is 0.905. The molecule has 2 rings (SSSR count). The molecule has 0 atom stereocenters. The quantitative estimate of drug-likeness (QED) is 0.922. The zero-order valence-corrected chi connectivity index (χ0v) is 12.2. The average molecular weight is 312 g/mol. The summed E-state index contributed by atoms with van der Waals surface area (Å²) in [6, 6.07) is 8.44. The standard InChI is InChI=1S/C13H14BrNOS/c1-8(2)9-3-5-10(6-4-9)13-15-11(7-16)12(14)17-13/h3-6,8,16H,7H2,1-2H3. The van der Waals surface area contributed by atoms with Crippen molar-refractivity contribution in [3.8, 4) is 10.6 Å². The van der Waals surface area contributed by atoms with Crippen LogP contribution < -0.4 is 0 Å². The molecule has 0 amide bonds. The lowest BCUT2D eigenvalue weighted by Gasteiger charge is -2.05. The fourth-order valence-electron chi connectivity index (χ4n) is 1.56. The second-order valence-corrected chi connectivity index (χ2v) is 6.49. The zero-order chi connectivity index (χ0) is 12.4. The Morgan fingerprint density at radius 1 is 1.29 bits per heavy atom. The van der Waals surface area contributed by atoms with Crippen LogP contribution in [0.2, 0.25) is 0 Å². The lowest BCUT2D eigenvalue weighted by molar-refractivity contribution is 0.277. The van der Waals surface area contributed by atoms with E-state index in [2.05, 4.69) is 59.0 Å². The van der Waals surface area contributed by atoms with E-state index < -0.39 is 0 Å². The van der Waals surface area contributed by atoms with Gasteiger partial charge in [-0.25, -0.2) is 4.98 Å². The highest BCUT2D eigenvalue weighted by Crippen LogP contribution is 2.32. The molecule has 0 saturated carbocycles. The van der Waals surface area contributed by atoms with Crippen LogP contribution >= 0.6 is 27.3 Å². The Balaban J connectivity index is 2.33. The number of halogens is 1. The first-order chi connectivity index (χ1) is 8.11. The predicted molar refractivity (Wildman–Crippen MR) is 75.3 cm³/mol. The molecule has 0 aliphatic rings. The normalized spacial score (nSPS) is 11.1. The molecular formula is C13H14BrNOS. The van der Waals surface area contributed by atoms with Gasteiger partial charge < -0.3 is 5.11 Å². The van der Waals surface area contributed by atoms with Gasteiger partial charge in [-0.15, -0.1) is 11.3 Å². The van der Waals surface area contributed by atoms with Gasteiger partial charge in [0.15, 0.2) is 0 Å². The van der Waals surface area contributed by atoms with Gasteiger partial charge in [-0.1, -0.05) is 38.1 Å². The van der Waals surface area contributed by atoms with Crippen molar-refractivity contribution in [2.75, 3.05) is 0 Å². The highest BCUT2D eigenvalue weighted by Gasteiger charge is 2.09. The molecule has 0 aliphatic carbocycles. The Kier molecular flexibility index (Phi) is 3.97. The minimum absolute atomic E-state index is 0.0266. The first-order valence-corrected chi connectivity index (χ1v) is 7.09. The summed E-state index contributed by atoms with van der Waals surface area (Å²) in [6.45, 7) is 4.33. The smallest absolute Gasteiger partial charge is 0.124 e. The minimum atomic E-state index is -0.0266. The number of hydrogen-bond acceptors (Lipinski definition) is 3. The van der Waals surface area contributed by atoms with Crippen molar-refractivity contribution in [3.63, 3.8) is 0 Å². The van der Waals surface area contributed by atoms with Crippen molar-refractivity contribution in [1.29, 1.82) is 0 Å². The molecule has 2 aromatic rings. The second-order valence-electron chi connectivity index (χ2n) is 4.17. The number of thiazole rings is 1. The molecule has 1 aromatic carbocycles. The fourth-order valence-corrected chi connectivity index (χ4v) is 3.05. The Labute approximate surface area is 113 Å². The third-order valence-electron chi connectivity index (χ3n) is 2.62. The van der Waals surface area contributed by atoms with E-state index in [1.54, 1.807) is 11.3 Å². The summed E-state index contributed by atoms with van der Waals surface area (Å²) in [5.41, 5.74) is 3.13. The number of nitrogens with zero attached hydrogens (tertiary/aromatic N) is 1. The zero-order valence-electron chi connectivity index (χ0n) is 9.77. The molecule has 17 heavy (non-hydrogen) atoms. The molecule has 4 heteroatoms. The maximum atomic E-state index is 9.11. The van der Waals surface area contributed by atoms with E-state index in [-0.39, 0.29) is 6.61 Å². The van der Waals surface area contributed by atoms with E-state index >= 15 is 0 Å².